The Balaban J connectivity index is 2.92. The summed E-state index contributed by atoms with van der Waals surface area (Å²) in [6.45, 7) is 2.43. The van der Waals surface area contributed by atoms with E-state index in [4.69, 9.17) is 0 Å². The summed E-state index contributed by atoms with van der Waals surface area (Å²) >= 11 is 0. The average Bonchev–Trinajstić information content (AvgIpc) is 2.29. The molecule has 4 nitrogen and oxygen atoms in total. The zero-order chi connectivity index (χ0) is 12.0. The quantitative estimate of drug-likeness (QED) is 0.588. The summed E-state index contributed by atoms with van der Waals surface area (Å²) in [6.07, 6.45) is 1.57. The Morgan fingerprint density at radius 2 is 2.38 bits per heavy atom. The second kappa shape index (κ2) is 5.89. The zero-order valence-electron chi connectivity index (χ0n) is 9.63. The maximum absolute atomic E-state index is 11.3. The second-order valence-corrected chi connectivity index (χ2v) is 3.21. The second-order valence-electron chi connectivity index (χ2n) is 3.21. The number of ether oxygens (including phenoxy) is 1. The molecule has 0 atom stereocenters. The first kappa shape index (κ1) is 12.2. The highest BCUT2D eigenvalue weighted by Gasteiger charge is 2.10. The van der Waals surface area contributed by atoms with Gasteiger partial charge in [-0.15, -0.1) is 0 Å². The molecule has 0 saturated carbocycles. The molecule has 4 heteroatoms. The molecular weight excluding hydrogens is 204 g/mol. The fraction of sp³-hybridized carbons (Fsp3) is 0.333. The standard InChI is InChI=1S/C12H14N2O2/c1-9-7-10(5-4-6-13-2)8-14-11(9)12(15)16-3/h7-8,13H,6H2,1-3H3. The predicted molar refractivity (Wildman–Crippen MR) is 61.1 cm³/mol. The molecule has 0 aromatic carbocycles. The molecule has 1 rings (SSSR count). The highest BCUT2D eigenvalue weighted by atomic mass is 16.5. The van der Waals surface area contributed by atoms with Gasteiger partial charge in [0.2, 0.25) is 0 Å². The van der Waals surface area contributed by atoms with Gasteiger partial charge >= 0.3 is 5.97 Å². The molecule has 16 heavy (non-hydrogen) atoms. The minimum absolute atomic E-state index is 0.335. The third-order valence-electron chi connectivity index (χ3n) is 1.95. The SMILES string of the molecule is CNCC#Cc1cnc(C(=O)OC)c(C)c1. The van der Waals surface area contributed by atoms with Gasteiger partial charge in [-0.25, -0.2) is 9.78 Å². The summed E-state index contributed by atoms with van der Waals surface area (Å²) in [5.41, 5.74) is 1.89. The Hall–Kier alpha value is -1.86. The van der Waals surface area contributed by atoms with Gasteiger partial charge in [-0.3, -0.25) is 0 Å². The van der Waals surface area contributed by atoms with Crippen LogP contribution in [0, 0.1) is 18.8 Å². The molecule has 0 radical (unpaired) electrons. The summed E-state index contributed by atoms with van der Waals surface area (Å²) in [4.78, 5) is 15.3. The Morgan fingerprint density at radius 1 is 1.62 bits per heavy atom. The number of pyridine rings is 1. The molecule has 0 fully saturated rings. The lowest BCUT2D eigenvalue weighted by atomic mass is 10.1. The molecule has 84 valence electrons. The topological polar surface area (TPSA) is 51.2 Å². The van der Waals surface area contributed by atoms with Crippen LogP contribution in [-0.2, 0) is 4.74 Å². The summed E-state index contributed by atoms with van der Waals surface area (Å²) in [6, 6.07) is 1.82. The number of hydrogen-bond acceptors (Lipinski definition) is 4. The van der Waals surface area contributed by atoms with Crippen molar-refractivity contribution in [2.75, 3.05) is 20.7 Å². The van der Waals surface area contributed by atoms with E-state index in [9.17, 15) is 4.79 Å². The smallest absolute Gasteiger partial charge is 0.356 e. The average molecular weight is 218 g/mol. The van der Waals surface area contributed by atoms with E-state index in [1.165, 1.54) is 7.11 Å². The van der Waals surface area contributed by atoms with Crippen LogP contribution in [0.15, 0.2) is 12.3 Å². The largest absolute Gasteiger partial charge is 0.464 e. The van der Waals surface area contributed by atoms with Crippen LogP contribution in [0.3, 0.4) is 0 Å². The van der Waals surface area contributed by atoms with Crippen molar-refractivity contribution in [3.63, 3.8) is 0 Å². The van der Waals surface area contributed by atoms with Gasteiger partial charge < -0.3 is 10.1 Å². The first-order valence-corrected chi connectivity index (χ1v) is 4.87. The van der Waals surface area contributed by atoms with E-state index < -0.39 is 5.97 Å². The van der Waals surface area contributed by atoms with Gasteiger partial charge in [-0.05, 0) is 25.6 Å². The van der Waals surface area contributed by atoms with Gasteiger partial charge in [-0.1, -0.05) is 11.8 Å². The highest BCUT2D eigenvalue weighted by molar-refractivity contribution is 5.88. The number of rotatable bonds is 2. The summed E-state index contributed by atoms with van der Waals surface area (Å²) in [5, 5.41) is 2.92. The molecule has 0 aliphatic carbocycles. The highest BCUT2D eigenvalue weighted by Crippen LogP contribution is 2.07. The summed E-state index contributed by atoms with van der Waals surface area (Å²) < 4.78 is 4.61. The van der Waals surface area contributed by atoms with E-state index in [-0.39, 0.29) is 0 Å². The number of methoxy groups -OCH3 is 1. The zero-order valence-corrected chi connectivity index (χ0v) is 9.63. The number of carbonyl (C=O) groups is 1. The monoisotopic (exact) mass is 218 g/mol. The van der Waals surface area contributed by atoms with E-state index in [0.29, 0.717) is 12.2 Å². The molecule has 1 aromatic heterocycles. The van der Waals surface area contributed by atoms with E-state index in [1.54, 1.807) is 6.20 Å². The molecule has 0 amide bonds. The van der Waals surface area contributed by atoms with Crippen LogP contribution >= 0.6 is 0 Å². The Labute approximate surface area is 95.0 Å². The van der Waals surface area contributed by atoms with Crippen LogP contribution in [0.5, 0.6) is 0 Å². The molecular formula is C12H14N2O2. The minimum atomic E-state index is -0.424. The lowest BCUT2D eigenvalue weighted by Crippen LogP contribution is -2.07. The van der Waals surface area contributed by atoms with Crippen LogP contribution in [-0.4, -0.2) is 31.7 Å². The number of carbonyl (C=O) groups excluding carboxylic acids is 1. The molecule has 0 unspecified atom stereocenters. The van der Waals surface area contributed by atoms with Crippen molar-refractivity contribution in [3.05, 3.63) is 29.1 Å². The van der Waals surface area contributed by atoms with Gasteiger partial charge in [0.15, 0.2) is 5.69 Å². The van der Waals surface area contributed by atoms with Gasteiger partial charge in [0, 0.05) is 11.8 Å². The van der Waals surface area contributed by atoms with Crippen molar-refractivity contribution >= 4 is 5.97 Å². The first-order chi connectivity index (χ1) is 7.69. The van der Waals surface area contributed by atoms with Gasteiger partial charge in [-0.2, -0.15) is 0 Å². The fourth-order valence-electron chi connectivity index (χ4n) is 1.19. The van der Waals surface area contributed by atoms with E-state index in [1.807, 2.05) is 20.0 Å². The third kappa shape index (κ3) is 3.07. The van der Waals surface area contributed by atoms with Gasteiger partial charge in [0.1, 0.15) is 0 Å². The van der Waals surface area contributed by atoms with Crippen molar-refractivity contribution in [1.29, 1.82) is 0 Å². The molecule has 0 bridgehead atoms. The number of aryl methyl sites for hydroxylation is 1. The molecule has 0 spiro atoms. The first-order valence-electron chi connectivity index (χ1n) is 4.87. The van der Waals surface area contributed by atoms with Crippen molar-refractivity contribution in [2.45, 2.75) is 6.92 Å². The number of nitrogens with one attached hydrogen (secondary N) is 1. The Kier molecular flexibility index (Phi) is 4.49. The molecule has 0 aliphatic rings. The Bertz CT molecular complexity index is 444. The van der Waals surface area contributed by atoms with Crippen LogP contribution in [0.4, 0.5) is 0 Å². The molecule has 1 N–H and O–H groups in total. The molecule has 1 heterocycles. The van der Waals surface area contributed by atoms with Crippen molar-refractivity contribution in [3.8, 4) is 11.8 Å². The van der Waals surface area contributed by atoms with Crippen LogP contribution < -0.4 is 5.32 Å². The van der Waals surface area contributed by atoms with E-state index in [2.05, 4.69) is 26.9 Å². The van der Waals surface area contributed by atoms with Crippen LogP contribution in [0.2, 0.25) is 0 Å². The number of hydrogen-bond donors (Lipinski definition) is 1. The summed E-state index contributed by atoms with van der Waals surface area (Å²) in [7, 11) is 3.17. The van der Waals surface area contributed by atoms with Crippen molar-refractivity contribution in [2.24, 2.45) is 0 Å². The van der Waals surface area contributed by atoms with Gasteiger partial charge in [0.25, 0.3) is 0 Å². The maximum atomic E-state index is 11.3. The minimum Gasteiger partial charge on any atom is -0.464 e. The molecule has 0 saturated heterocycles. The van der Waals surface area contributed by atoms with Crippen LogP contribution in [0.25, 0.3) is 0 Å². The van der Waals surface area contributed by atoms with E-state index in [0.717, 1.165) is 11.1 Å². The number of esters is 1. The molecule has 1 aromatic rings. The predicted octanol–water partition coefficient (Wildman–Crippen LogP) is 0.748. The summed E-state index contributed by atoms with van der Waals surface area (Å²) in [5.74, 6) is 5.44. The van der Waals surface area contributed by atoms with E-state index >= 15 is 0 Å². The lowest BCUT2D eigenvalue weighted by molar-refractivity contribution is 0.0593. The third-order valence-corrected chi connectivity index (χ3v) is 1.95. The maximum Gasteiger partial charge on any atom is 0.356 e. The number of aromatic nitrogens is 1. The van der Waals surface area contributed by atoms with Crippen molar-refractivity contribution < 1.29 is 9.53 Å². The van der Waals surface area contributed by atoms with Crippen LogP contribution in [0.1, 0.15) is 21.6 Å². The Morgan fingerprint density at radius 3 is 2.94 bits per heavy atom. The lowest BCUT2D eigenvalue weighted by Gasteiger charge is -2.02. The molecule has 0 aliphatic heterocycles. The normalized spacial score (nSPS) is 9.19. The van der Waals surface area contributed by atoms with Gasteiger partial charge in [0.05, 0.1) is 13.7 Å². The van der Waals surface area contributed by atoms with Crippen molar-refractivity contribution in [1.82, 2.24) is 10.3 Å². The fourth-order valence-corrected chi connectivity index (χ4v) is 1.19. The number of nitrogens with zero attached hydrogens (tertiary/aromatic N) is 1.